The van der Waals surface area contributed by atoms with Gasteiger partial charge in [0.15, 0.2) is 0 Å². The fraction of sp³-hybridized carbons (Fsp3) is 0.625. The van der Waals surface area contributed by atoms with E-state index in [9.17, 15) is 0 Å². The van der Waals surface area contributed by atoms with Crippen LogP contribution in [-0.4, -0.2) is 23.4 Å². The summed E-state index contributed by atoms with van der Waals surface area (Å²) in [6.45, 7) is 1.73. The molecule has 11 heavy (non-hydrogen) atoms. The van der Waals surface area contributed by atoms with Gasteiger partial charge in [-0.3, -0.25) is 5.10 Å². The monoisotopic (exact) mass is 151 g/mol. The summed E-state index contributed by atoms with van der Waals surface area (Å²) in [6.07, 6.45) is 3.92. The Labute approximate surface area is 65.8 Å². The highest BCUT2D eigenvalue weighted by Crippen LogP contribution is 2.23. The highest BCUT2D eigenvalue weighted by molar-refractivity contribution is 5.03. The number of hydrogen-bond donors (Lipinski definition) is 1. The number of nitrogens with zero attached hydrogens (tertiary/aromatic N) is 1. The lowest BCUT2D eigenvalue weighted by atomic mass is 9.97. The standard InChI is InChI=1S/C8H11N2O/c1-4-9-10-8(1)7-2-5-11-6-3-7/h4,7H,2-3,5-6H2,(H,9,10). The van der Waals surface area contributed by atoms with Gasteiger partial charge in [0.25, 0.3) is 0 Å². The van der Waals surface area contributed by atoms with Crippen LogP contribution in [0.25, 0.3) is 0 Å². The third-order valence-corrected chi connectivity index (χ3v) is 2.08. The SMILES string of the molecule is [c]1c[nH]nc1C1CCOCC1. The van der Waals surface area contributed by atoms with Crippen LogP contribution in [0.5, 0.6) is 0 Å². The summed E-state index contributed by atoms with van der Waals surface area (Å²) in [7, 11) is 0. The van der Waals surface area contributed by atoms with Gasteiger partial charge in [-0.15, -0.1) is 0 Å². The third-order valence-electron chi connectivity index (χ3n) is 2.08. The first-order valence-electron chi connectivity index (χ1n) is 3.96. The Morgan fingerprint density at radius 1 is 1.55 bits per heavy atom. The van der Waals surface area contributed by atoms with E-state index in [2.05, 4.69) is 16.3 Å². The van der Waals surface area contributed by atoms with Gasteiger partial charge in [-0.1, -0.05) is 0 Å². The van der Waals surface area contributed by atoms with E-state index < -0.39 is 0 Å². The molecule has 1 aliphatic heterocycles. The van der Waals surface area contributed by atoms with Crippen molar-refractivity contribution in [1.29, 1.82) is 0 Å². The van der Waals surface area contributed by atoms with Gasteiger partial charge in [-0.2, -0.15) is 5.10 Å². The zero-order chi connectivity index (χ0) is 7.52. The van der Waals surface area contributed by atoms with E-state index in [4.69, 9.17) is 4.74 Å². The minimum absolute atomic E-state index is 0.565. The maximum atomic E-state index is 5.25. The summed E-state index contributed by atoms with van der Waals surface area (Å²) in [5, 5.41) is 6.88. The maximum absolute atomic E-state index is 5.25. The summed E-state index contributed by atoms with van der Waals surface area (Å²) in [5.74, 6) is 0.565. The molecule has 0 aliphatic carbocycles. The first kappa shape index (κ1) is 6.85. The van der Waals surface area contributed by atoms with Crippen molar-refractivity contribution in [2.24, 2.45) is 0 Å². The highest BCUT2D eigenvalue weighted by Gasteiger charge is 2.17. The molecular formula is C8H11N2O. The first-order valence-corrected chi connectivity index (χ1v) is 3.96. The third kappa shape index (κ3) is 1.43. The largest absolute Gasteiger partial charge is 0.381 e. The van der Waals surface area contributed by atoms with E-state index in [1.165, 1.54) is 0 Å². The molecule has 1 N–H and O–H groups in total. The number of hydrogen-bond acceptors (Lipinski definition) is 2. The number of ether oxygens (including phenoxy) is 1. The number of aromatic amines is 1. The van der Waals surface area contributed by atoms with Gasteiger partial charge in [0.1, 0.15) is 0 Å². The van der Waals surface area contributed by atoms with Crippen molar-refractivity contribution in [3.05, 3.63) is 18.0 Å². The molecule has 0 atom stereocenters. The van der Waals surface area contributed by atoms with Gasteiger partial charge in [0.05, 0.1) is 5.69 Å². The van der Waals surface area contributed by atoms with Gasteiger partial charge >= 0.3 is 0 Å². The average Bonchev–Trinajstić information content (AvgIpc) is 2.58. The number of H-pyrrole nitrogens is 1. The molecule has 0 saturated carbocycles. The summed E-state index contributed by atoms with van der Waals surface area (Å²) >= 11 is 0. The normalized spacial score (nSPS) is 20.4. The van der Waals surface area contributed by atoms with Gasteiger partial charge in [-0.05, 0) is 12.8 Å². The molecule has 1 radical (unpaired) electrons. The molecular weight excluding hydrogens is 140 g/mol. The Morgan fingerprint density at radius 3 is 3.00 bits per heavy atom. The predicted molar refractivity (Wildman–Crippen MR) is 40.2 cm³/mol. The van der Waals surface area contributed by atoms with Crippen molar-refractivity contribution in [3.63, 3.8) is 0 Å². The van der Waals surface area contributed by atoms with Crippen LogP contribution in [0, 0.1) is 6.07 Å². The molecule has 0 spiro atoms. The number of nitrogens with one attached hydrogen (secondary N) is 1. The van der Waals surface area contributed by atoms with Crippen LogP contribution in [0.4, 0.5) is 0 Å². The summed E-state index contributed by atoms with van der Waals surface area (Å²) in [4.78, 5) is 0. The molecule has 59 valence electrons. The smallest absolute Gasteiger partial charge is 0.0734 e. The fourth-order valence-corrected chi connectivity index (χ4v) is 1.42. The molecule has 1 aromatic rings. The molecule has 3 heteroatoms. The Kier molecular flexibility index (Phi) is 1.90. The molecule has 3 nitrogen and oxygen atoms in total. The van der Waals surface area contributed by atoms with E-state index in [0.29, 0.717) is 5.92 Å². The average molecular weight is 151 g/mol. The lowest BCUT2D eigenvalue weighted by molar-refractivity contribution is 0.0844. The molecule has 1 fully saturated rings. The predicted octanol–water partition coefficient (Wildman–Crippen LogP) is 1.10. The van der Waals surface area contributed by atoms with Crippen molar-refractivity contribution in [2.75, 3.05) is 13.2 Å². The molecule has 0 unspecified atom stereocenters. The second-order valence-electron chi connectivity index (χ2n) is 2.80. The van der Waals surface area contributed by atoms with Gasteiger partial charge in [-0.25, -0.2) is 0 Å². The van der Waals surface area contributed by atoms with Gasteiger partial charge < -0.3 is 4.74 Å². The van der Waals surface area contributed by atoms with Crippen LogP contribution < -0.4 is 0 Å². The van der Waals surface area contributed by atoms with E-state index in [1.807, 2.05) is 0 Å². The van der Waals surface area contributed by atoms with Gasteiger partial charge in [0.2, 0.25) is 0 Å². The van der Waals surface area contributed by atoms with Crippen LogP contribution in [0.2, 0.25) is 0 Å². The zero-order valence-electron chi connectivity index (χ0n) is 6.34. The van der Waals surface area contributed by atoms with Crippen LogP contribution in [0.3, 0.4) is 0 Å². The molecule has 2 rings (SSSR count). The molecule has 1 aromatic heterocycles. The van der Waals surface area contributed by atoms with Crippen LogP contribution >= 0.6 is 0 Å². The maximum Gasteiger partial charge on any atom is 0.0734 e. The molecule has 0 bridgehead atoms. The van der Waals surface area contributed by atoms with E-state index in [0.717, 1.165) is 31.7 Å². The van der Waals surface area contributed by atoms with E-state index in [-0.39, 0.29) is 0 Å². The number of rotatable bonds is 1. The Hall–Kier alpha value is -0.830. The summed E-state index contributed by atoms with van der Waals surface area (Å²) in [6, 6.07) is 3.08. The lowest BCUT2D eigenvalue weighted by Crippen LogP contribution is -2.14. The van der Waals surface area contributed by atoms with Gasteiger partial charge in [0, 0.05) is 31.4 Å². The van der Waals surface area contributed by atoms with Crippen LogP contribution in [0.1, 0.15) is 24.5 Å². The number of aromatic nitrogens is 2. The quantitative estimate of drug-likeness (QED) is 0.652. The van der Waals surface area contributed by atoms with Crippen molar-refractivity contribution in [1.82, 2.24) is 10.2 Å². The topological polar surface area (TPSA) is 37.9 Å². The fourth-order valence-electron chi connectivity index (χ4n) is 1.42. The molecule has 1 aliphatic rings. The zero-order valence-corrected chi connectivity index (χ0v) is 6.34. The van der Waals surface area contributed by atoms with E-state index >= 15 is 0 Å². The molecule has 2 heterocycles. The Bertz CT molecular complexity index is 202. The van der Waals surface area contributed by atoms with Crippen LogP contribution in [-0.2, 0) is 4.74 Å². The highest BCUT2D eigenvalue weighted by atomic mass is 16.5. The molecule has 0 aromatic carbocycles. The van der Waals surface area contributed by atoms with Crippen LogP contribution in [0.15, 0.2) is 6.20 Å². The summed E-state index contributed by atoms with van der Waals surface area (Å²) in [5.41, 5.74) is 1.06. The van der Waals surface area contributed by atoms with Crippen molar-refractivity contribution in [2.45, 2.75) is 18.8 Å². The first-order chi connectivity index (χ1) is 5.47. The van der Waals surface area contributed by atoms with Crippen molar-refractivity contribution in [3.8, 4) is 0 Å². The summed E-state index contributed by atoms with van der Waals surface area (Å²) < 4.78 is 5.25. The minimum atomic E-state index is 0.565. The minimum Gasteiger partial charge on any atom is -0.381 e. The molecule has 1 saturated heterocycles. The van der Waals surface area contributed by atoms with Crippen molar-refractivity contribution < 1.29 is 4.74 Å². The Morgan fingerprint density at radius 2 is 2.36 bits per heavy atom. The second-order valence-corrected chi connectivity index (χ2v) is 2.80. The lowest BCUT2D eigenvalue weighted by Gasteiger charge is -2.19. The Balaban J connectivity index is 2.04. The van der Waals surface area contributed by atoms with Crippen molar-refractivity contribution >= 4 is 0 Å². The van der Waals surface area contributed by atoms with E-state index in [1.54, 1.807) is 6.20 Å². The molecule has 0 amide bonds. The second kappa shape index (κ2) is 3.05.